The van der Waals surface area contributed by atoms with Crippen molar-refractivity contribution in [2.45, 2.75) is 77.7 Å². The number of hydrogen-bond acceptors (Lipinski definition) is 1. The number of hydrogen-bond donors (Lipinski definition) is 0. The van der Waals surface area contributed by atoms with Gasteiger partial charge < -0.3 is 4.90 Å². The fourth-order valence-corrected chi connectivity index (χ4v) is 2.55. The zero-order valence-corrected chi connectivity index (χ0v) is 10.8. The van der Waals surface area contributed by atoms with E-state index in [2.05, 4.69) is 18.7 Å². The maximum atomic E-state index is 2.73. The molecule has 2 aliphatic rings. The largest absolute Gasteiger partial charge is 0.300 e. The van der Waals surface area contributed by atoms with Crippen LogP contribution in [0.3, 0.4) is 0 Å². The van der Waals surface area contributed by atoms with Gasteiger partial charge in [-0.2, -0.15) is 0 Å². The second kappa shape index (κ2) is 8.15. The number of likely N-dealkylation sites (tertiary alicyclic amines) is 1. The van der Waals surface area contributed by atoms with Gasteiger partial charge in [-0.1, -0.05) is 46.0 Å². The van der Waals surface area contributed by atoms with Crippen molar-refractivity contribution >= 4 is 0 Å². The Balaban J connectivity index is 0.000000245. The molecule has 0 N–H and O–H groups in total. The van der Waals surface area contributed by atoms with Gasteiger partial charge in [0.05, 0.1) is 0 Å². The average molecular weight is 211 g/mol. The molecule has 0 radical (unpaired) electrons. The van der Waals surface area contributed by atoms with E-state index in [4.69, 9.17) is 0 Å². The first-order valence-corrected chi connectivity index (χ1v) is 7.12. The molecule has 1 heterocycles. The van der Waals surface area contributed by atoms with Gasteiger partial charge >= 0.3 is 0 Å². The summed E-state index contributed by atoms with van der Waals surface area (Å²) < 4.78 is 0. The van der Waals surface area contributed by atoms with Crippen LogP contribution < -0.4 is 0 Å². The van der Waals surface area contributed by atoms with Gasteiger partial charge in [0.25, 0.3) is 0 Å². The highest BCUT2D eigenvalue weighted by atomic mass is 15.2. The SMILES string of the molecule is C1CCN(C2CCCC2)CC1.CCCC. The summed E-state index contributed by atoms with van der Waals surface area (Å²) in [5.41, 5.74) is 0. The van der Waals surface area contributed by atoms with E-state index in [0.29, 0.717) is 0 Å². The Morgan fingerprint density at radius 3 is 1.80 bits per heavy atom. The number of unbranched alkanes of at least 4 members (excludes halogenated alkanes) is 1. The van der Waals surface area contributed by atoms with Crippen LogP contribution in [-0.4, -0.2) is 24.0 Å². The third-order valence-corrected chi connectivity index (χ3v) is 3.73. The summed E-state index contributed by atoms with van der Waals surface area (Å²) in [6.45, 7) is 7.15. The first kappa shape index (κ1) is 13.0. The summed E-state index contributed by atoms with van der Waals surface area (Å²) in [6.07, 6.45) is 13.0. The third kappa shape index (κ3) is 5.01. The molecule has 2 fully saturated rings. The second-order valence-corrected chi connectivity index (χ2v) is 5.03. The Kier molecular flexibility index (Phi) is 7.08. The minimum Gasteiger partial charge on any atom is -0.300 e. The van der Waals surface area contributed by atoms with Gasteiger partial charge in [-0.05, 0) is 38.8 Å². The number of nitrogens with zero attached hydrogens (tertiary/aromatic N) is 1. The Morgan fingerprint density at radius 1 is 0.800 bits per heavy atom. The van der Waals surface area contributed by atoms with Crippen molar-refractivity contribution in [1.29, 1.82) is 0 Å². The van der Waals surface area contributed by atoms with Crippen LogP contribution in [0.15, 0.2) is 0 Å². The standard InChI is InChI=1S/C10H19N.C4H10/c1-4-8-11(9-5-1)10-6-2-3-7-10;1-3-4-2/h10H,1-9H2;3-4H2,1-2H3. The molecule has 1 saturated carbocycles. The minimum absolute atomic E-state index is 0.982. The van der Waals surface area contributed by atoms with Crippen molar-refractivity contribution in [1.82, 2.24) is 4.90 Å². The molecular weight excluding hydrogens is 182 g/mol. The molecule has 1 heteroatoms. The molecule has 1 aliphatic heterocycles. The average Bonchev–Trinajstić information content (AvgIpc) is 2.84. The molecule has 15 heavy (non-hydrogen) atoms. The lowest BCUT2D eigenvalue weighted by Crippen LogP contribution is -2.37. The van der Waals surface area contributed by atoms with Gasteiger partial charge in [-0.15, -0.1) is 0 Å². The van der Waals surface area contributed by atoms with Gasteiger partial charge in [0.15, 0.2) is 0 Å². The number of piperidine rings is 1. The molecule has 1 aliphatic carbocycles. The zero-order chi connectivity index (χ0) is 10.9. The lowest BCUT2D eigenvalue weighted by Gasteiger charge is -2.31. The van der Waals surface area contributed by atoms with E-state index in [-0.39, 0.29) is 0 Å². The topological polar surface area (TPSA) is 3.24 Å². The van der Waals surface area contributed by atoms with Crippen LogP contribution in [0.2, 0.25) is 0 Å². The smallest absolute Gasteiger partial charge is 0.00952 e. The fraction of sp³-hybridized carbons (Fsp3) is 1.00. The van der Waals surface area contributed by atoms with Gasteiger partial charge in [0.1, 0.15) is 0 Å². The fourth-order valence-electron chi connectivity index (χ4n) is 2.55. The third-order valence-electron chi connectivity index (χ3n) is 3.73. The van der Waals surface area contributed by atoms with Gasteiger partial charge in [-0.25, -0.2) is 0 Å². The van der Waals surface area contributed by atoms with E-state index in [1.165, 1.54) is 70.9 Å². The van der Waals surface area contributed by atoms with Crippen molar-refractivity contribution in [3.8, 4) is 0 Å². The van der Waals surface area contributed by atoms with Crippen molar-refractivity contribution in [3.63, 3.8) is 0 Å². The van der Waals surface area contributed by atoms with Gasteiger partial charge in [-0.3, -0.25) is 0 Å². The molecular formula is C14H29N. The van der Waals surface area contributed by atoms with E-state index >= 15 is 0 Å². The first-order chi connectivity index (χ1) is 7.38. The molecule has 0 aromatic heterocycles. The van der Waals surface area contributed by atoms with Gasteiger partial charge in [0.2, 0.25) is 0 Å². The number of rotatable bonds is 2. The summed E-state index contributed by atoms with van der Waals surface area (Å²) in [5, 5.41) is 0. The maximum absolute atomic E-state index is 2.73. The van der Waals surface area contributed by atoms with Crippen molar-refractivity contribution in [2.24, 2.45) is 0 Å². The molecule has 0 aromatic carbocycles. The summed E-state index contributed by atoms with van der Waals surface area (Å²) in [4.78, 5) is 2.73. The second-order valence-electron chi connectivity index (χ2n) is 5.03. The van der Waals surface area contributed by atoms with Crippen LogP contribution in [0.4, 0.5) is 0 Å². The highest BCUT2D eigenvalue weighted by molar-refractivity contribution is 4.79. The Hall–Kier alpha value is -0.0400. The van der Waals surface area contributed by atoms with Crippen LogP contribution >= 0.6 is 0 Å². The Labute approximate surface area is 96.2 Å². The molecule has 2 rings (SSSR count). The molecule has 0 atom stereocenters. The lowest BCUT2D eigenvalue weighted by atomic mass is 10.1. The summed E-state index contributed by atoms with van der Waals surface area (Å²) in [5.74, 6) is 0. The predicted molar refractivity (Wildman–Crippen MR) is 68.3 cm³/mol. The van der Waals surface area contributed by atoms with E-state index in [1.807, 2.05) is 0 Å². The van der Waals surface area contributed by atoms with Crippen molar-refractivity contribution < 1.29 is 0 Å². The predicted octanol–water partition coefficient (Wildman–Crippen LogP) is 4.22. The molecule has 1 saturated heterocycles. The lowest BCUT2D eigenvalue weighted by molar-refractivity contribution is 0.165. The highest BCUT2D eigenvalue weighted by Gasteiger charge is 2.23. The quantitative estimate of drug-likeness (QED) is 0.661. The molecule has 0 unspecified atom stereocenters. The van der Waals surface area contributed by atoms with Crippen molar-refractivity contribution in [3.05, 3.63) is 0 Å². The van der Waals surface area contributed by atoms with Crippen molar-refractivity contribution in [2.75, 3.05) is 13.1 Å². The van der Waals surface area contributed by atoms with E-state index in [9.17, 15) is 0 Å². The monoisotopic (exact) mass is 211 g/mol. The van der Waals surface area contributed by atoms with Crippen LogP contribution in [0.1, 0.15) is 71.6 Å². The van der Waals surface area contributed by atoms with E-state index in [1.54, 1.807) is 0 Å². The highest BCUT2D eigenvalue weighted by Crippen LogP contribution is 2.25. The minimum atomic E-state index is 0.982. The van der Waals surface area contributed by atoms with Crippen LogP contribution in [0.5, 0.6) is 0 Å². The first-order valence-electron chi connectivity index (χ1n) is 7.12. The Morgan fingerprint density at radius 2 is 1.33 bits per heavy atom. The van der Waals surface area contributed by atoms with E-state index in [0.717, 1.165) is 6.04 Å². The molecule has 0 aromatic rings. The van der Waals surface area contributed by atoms with E-state index < -0.39 is 0 Å². The summed E-state index contributed by atoms with van der Waals surface area (Å²) >= 11 is 0. The van der Waals surface area contributed by atoms with Gasteiger partial charge in [0, 0.05) is 6.04 Å². The van der Waals surface area contributed by atoms with Crippen LogP contribution in [0.25, 0.3) is 0 Å². The zero-order valence-electron chi connectivity index (χ0n) is 10.8. The normalized spacial score (nSPS) is 23.6. The Bertz CT molecular complexity index is 130. The summed E-state index contributed by atoms with van der Waals surface area (Å²) in [6, 6.07) is 0.982. The molecule has 90 valence electrons. The van der Waals surface area contributed by atoms with Crippen LogP contribution in [0, 0.1) is 0 Å². The maximum Gasteiger partial charge on any atom is 0.00952 e. The molecule has 0 amide bonds. The molecule has 0 bridgehead atoms. The van der Waals surface area contributed by atoms with Crippen LogP contribution in [-0.2, 0) is 0 Å². The molecule has 0 spiro atoms. The molecule has 1 nitrogen and oxygen atoms in total. The summed E-state index contributed by atoms with van der Waals surface area (Å²) in [7, 11) is 0.